The Labute approximate surface area is 201 Å². The average molecular weight is 477 g/mol. The molecule has 0 fully saturated rings. The molecular formula is C26H24N2O5S. The molecule has 1 unspecified atom stereocenters. The molecule has 4 rings (SSSR count). The van der Waals surface area contributed by atoms with E-state index in [0.717, 1.165) is 22.3 Å². The molecule has 3 aromatic rings. The maximum atomic E-state index is 12.4. The highest BCUT2D eigenvalue weighted by Crippen LogP contribution is 2.44. The number of thiophene rings is 1. The molecule has 8 heteroatoms. The quantitative estimate of drug-likeness (QED) is 0.416. The summed E-state index contributed by atoms with van der Waals surface area (Å²) in [6, 6.07) is 18.4. The predicted octanol–water partition coefficient (Wildman–Crippen LogP) is 4.48. The molecule has 0 aliphatic heterocycles. The van der Waals surface area contributed by atoms with Gasteiger partial charge in [-0.2, -0.15) is 0 Å². The Balaban J connectivity index is 1.30. The van der Waals surface area contributed by atoms with Crippen molar-refractivity contribution in [3.63, 3.8) is 0 Å². The Morgan fingerprint density at radius 2 is 1.68 bits per heavy atom. The van der Waals surface area contributed by atoms with Crippen LogP contribution in [-0.2, 0) is 14.3 Å². The van der Waals surface area contributed by atoms with Crippen molar-refractivity contribution in [1.82, 2.24) is 10.6 Å². The lowest BCUT2D eigenvalue weighted by atomic mass is 9.98. The summed E-state index contributed by atoms with van der Waals surface area (Å²) in [7, 11) is 0. The van der Waals surface area contributed by atoms with Crippen LogP contribution in [0.3, 0.4) is 0 Å². The second-order valence-electron chi connectivity index (χ2n) is 7.85. The van der Waals surface area contributed by atoms with E-state index in [-0.39, 0.29) is 19.1 Å². The van der Waals surface area contributed by atoms with Crippen LogP contribution in [-0.4, -0.2) is 36.2 Å². The standard InChI is InChI=1S/C26H24N2O5S/c1-16(24(29)28-23(25(30)31)22-11-6-14-34-22)12-13-27-26(32)33-15-21-19-9-4-2-7-17(19)18-8-3-5-10-20(18)21/h2-12,14,21,23H,13,15H2,1H3,(H,27,32)(H,28,29)(H,30,31)/b16-12+. The van der Waals surface area contributed by atoms with Crippen LogP contribution < -0.4 is 10.6 Å². The number of alkyl carbamates (subject to hydrolysis) is 1. The number of carbonyl (C=O) groups excluding carboxylic acids is 2. The second kappa shape index (κ2) is 10.4. The van der Waals surface area contributed by atoms with Crippen LogP contribution in [0.2, 0.25) is 0 Å². The van der Waals surface area contributed by atoms with Crippen molar-refractivity contribution < 1.29 is 24.2 Å². The van der Waals surface area contributed by atoms with Crippen LogP contribution in [0.1, 0.15) is 34.9 Å². The lowest BCUT2D eigenvalue weighted by Crippen LogP contribution is -2.34. The summed E-state index contributed by atoms with van der Waals surface area (Å²) < 4.78 is 5.47. The second-order valence-corrected chi connectivity index (χ2v) is 8.83. The van der Waals surface area contributed by atoms with E-state index in [1.807, 2.05) is 36.4 Å². The smallest absolute Gasteiger partial charge is 0.407 e. The monoisotopic (exact) mass is 476 g/mol. The zero-order valence-electron chi connectivity index (χ0n) is 18.5. The minimum atomic E-state index is -1.14. The molecule has 7 nitrogen and oxygen atoms in total. The number of hydrogen-bond donors (Lipinski definition) is 3. The van der Waals surface area contributed by atoms with E-state index in [9.17, 15) is 19.5 Å². The van der Waals surface area contributed by atoms with E-state index in [4.69, 9.17) is 4.74 Å². The van der Waals surface area contributed by atoms with Gasteiger partial charge in [0, 0.05) is 22.9 Å². The molecule has 0 radical (unpaired) electrons. The molecule has 1 aromatic heterocycles. The normalized spacial score (nSPS) is 13.5. The van der Waals surface area contributed by atoms with Gasteiger partial charge in [-0.05, 0) is 40.6 Å². The predicted molar refractivity (Wildman–Crippen MR) is 130 cm³/mol. The highest BCUT2D eigenvalue weighted by Gasteiger charge is 2.29. The number of rotatable bonds is 8. The summed E-state index contributed by atoms with van der Waals surface area (Å²) in [6.07, 6.45) is 0.928. The fraction of sp³-hybridized carbons (Fsp3) is 0.192. The van der Waals surface area contributed by atoms with Crippen molar-refractivity contribution in [2.45, 2.75) is 18.9 Å². The highest BCUT2D eigenvalue weighted by atomic mass is 32.1. The van der Waals surface area contributed by atoms with Crippen molar-refractivity contribution in [3.8, 4) is 11.1 Å². The van der Waals surface area contributed by atoms with E-state index >= 15 is 0 Å². The number of fused-ring (bicyclic) bond motifs is 3. The van der Waals surface area contributed by atoms with Gasteiger partial charge in [-0.3, -0.25) is 4.79 Å². The van der Waals surface area contributed by atoms with E-state index in [1.165, 1.54) is 17.4 Å². The Kier molecular flexibility index (Phi) is 7.08. The van der Waals surface area contributed by atoms with E-state index < -0.39 is 24.0 Å². The van der Waals surface area contributed by atoms with Crippen LogP contribution in [0.15, 0.2) is 77.7 Å². The van der Waals surface area contributed by atoms with Crippen LogP contribution in [0.5, 0.6) is 0 Å². The molecule has 2 aromatic carbocycles. The van der Waals surface area contributed by atoms with Crippen molar-refractivity contribution >= 4 is 29.3 Å². The molecule has 1 heterocycles. The Bertz CT molecular complexity index is 1190. The van der Waals surface area contributed by atoms with Crippen LogP contribution in [0, 0.1) is 0 Å². The molecule has 1 atom stereocenters. The molecule has 0 bridgehead atoms. The Hall–Kier alpha value is -3.91. The van der Waals surface area contributed by atoms with Gasteiger partial charge in [0.2, 0.25) is 5.91 Å². The third-order valence-electron chi connectivity index (χ3n) is 5.71. The maximum absolute atomic E-state index is 12.4. The summed E-state index contributed by atoms with van der Waals surface area (Å²) >= 11 is 1.25. The van der Waals surface area contributed by atoms with Crippen molar-refractivity contribution in [3.05, 3.63) is 93.7 Å². The first-order valence-corrected chi connectivity index (χ1v) is 11.7. The van der Waals surface area contributed by atoms with Gasteiger partial charge in [-0.25, -0.2) is 9.59 Å². The van der Waals surface area contributed by atoms with E-state index in [2.05, 4.69) is 22.8 Å². The third kappa shape index (κ3) is 5.02. The number of carboxylic acids is 1. The van der Waals surface area contributed by atoms with Crippen molar-refractivity contribution in [2.24, 2.45) is 0 Å². The van der Waals surface area contributed by atoms with Gasteiger partial charge < -0.3 is 20.5 Å². The van der Waals surface area contributed by atoms with Gasteiger partial charge in [-0.1, -0.05) is 60.7 Å². The minimum absolute atomic E-state index is 0.0357. The lowest BCUT2D eigenvalue weighted by Gasteiger charge is -2.14. The van der Waals surface area contributed by atoms with Crippen molar-refractivity contribution in [1.29, 1.82) is 0 Å². The summed E-state index contributed by atoms with van der Waals surface area (Å²) in [4.78, 5) is 36.7. The fourth-order valence-electron chi connectivity index (χ4n) is 3.98. The van der Waals surface area contributed by atoms with Gasteiger partial charge in [0.25, 0.3) is 0 Å². The molecular weight excluding hydrogens is 452 g/mol. The molecule has 0 spiro atoms. The largest absolute Gasteiger partial charge is 0.479 e. The number of carboxylic acid groups (broad SMARTS) is 1. The number of amides is 2. The summed E-state index contributed by atoms with van der Waals surface area (Å²) in [5.41, 5.74) is 4.85. The maximum Gasteiger partial charge on any atom is 0.407 e. The van der Waals surface area contributed by atoms with Crippen LogP contribution >= 0.6 is 11.3 Å². The van der Waals surface area contributed by atoms with Crippen molar-refractivity contribution in [2.75, 3.05) is 13.2 Å². The number of benzene rings is 2. The molecule has 34 heavy (non-hydrogen) atoms. The zero-order chi connectivity index (χ0) is 24.1. The first-order valence-electron chi connectivity index (χ1n) is 10.8. The molecule has 1 aliphatic carbocycles. The van der Waals surface area contributed by atoms with Gasteiger partial charge in [0.05, 0.1) is 0 Å². The zero-order valence-corrected chi connectivity index (χ0v) is 19.3. The number of ether oxygens (including phenoxy) is 1. The van der Waals surface area contributed by atoms with Crippen LogP contribution in [0.25, 0.3) is 11.1 Å². The number of nitrogens with one attached hydrogen (secondary N) is 2. The fourth-order valence-corrected chi connectivity index (χ4v) is 4.75. The topological polar surface area (TPSA) is 105 Å². The Morgan fingerprint density at radius 3 is 2.26 bits per heavy atom. The molecule has 0 saturated heterocycles. The Morgan fingerprint density at radius 1 is 1.03 bits per heavy atom. The van der Waals surface area contributed by atoms with Gasteiger partial charge in [0.15, 0.2) is 6.04 Å². The average Bonchev–Trinajstić information content (AvgIpc) is 3.47. The number of carbonyl (C=O) groups is 3. The van der Waals surface area contributed by atoms with Gasteiger partial charge in [0.1, 0.15) is 6.61 Å². The first-order chi connectivity index (χ1) is 16.5. The van der Waals surface area contributed by atoms with E-state index in [0.29, 0.717) is 10.5 Å². The summed E-state index contributed by atoms with van der Waals surface area (Å²) in [5, 5.41) is 16.3. The first kappa shape index (κ1) is 23.3. The lowest BCUT2D eigenvalue weighted by molar-refractivity contribution is -0.141. The number of aliphatic carboxylic acids is 1. The van der Waals surface area contributed by atoms with Crippen LogP contribution in [0.4, 0.5) is 4.79 Å². The summed E-state index contributed by atoms with van der Waals surface area (Å²) in [6.45, 7) is 1.83. The number of hydrogen-bond acceptors (Lipinski definition) is 5. The summed E-state index contributed by atoms with van der Waals surface area (Å²) in [5.74, 6) is -1.69. The highest BCUT2D eigenvalue weighted by molar-refractivity contribution is 7.10. The van der Waals surface area contributed by atoms with Gasteiger partial charge in [-0.15, -0.1) is 11.3 Å². The molecule has 0 saturated carbocycles. The van der Waals surface area contributed by atoms with E-state index in [1.54, 1.807) is 24.4 Å². The minimum Gasteiger partial charge on any atom is -0.479 e. The molecule has 3 N–H and O–H groups in total. The van der Waals surface area contributed by atoms with Gasteiger partial charge >= 0.3 is 12.1 Å². The molecule has 174 valence electrons. The SMILES string of the molecule is C/C(=C\CNC(=O)OCC1c2ccccc2-c2ccccc21)C(=O)NC(C(=O)O)c1cccs1. The molecule has 2 amide bonds. The molecule has 1 aliphatic rings. The third-order valence-corrected chi connectivity index (χ3v) is 6.64.